The summed E-state index contributed by atoms with van der Waals surface area (Å²) < 4.78 is 0. The molecule has 0 saturated carbocycles. The molecule has 5 nitrogen and oxygen atoms in total. The summed E-state index contributed by atoms with van der Waals surface area (Å²) in [5, 5.41) is 11.0. The number of hydrogen-bond acceptors (Lipinski definition) is 3. The Morgan fingerprint density at radius 3 is 2.57 bits per heavy atom. The van der Waals surface area contributed by atoms with Crippen molar-refractivity contribution in [3.63, 3.8) is 0 Å². The predicted molar refractivity (Wildman–Crippen MR) is 52.4 cm³/mol. The molecule has 80 valence electrons. The zero-order valence-electron chi connectivity index (χ0n) is 8.25. The highest BCUT2D eigenvalue weighted by molar-refractivity contribution is 5.92. The number of nitrogens with two attached hydrogens (primary N) is 1. The summed E-state index contributed by atoms with van der Waals surface area (Å²) in [4.78, 5) is 21.7. The number of unbranched alkanes of at least 4 members (excludes halogenated alkanes) is 1. The van der Waals surface area contributed by atoms with E-state index in [1.807, 2.05) is 6.92 Å². The van der Waals surface area contributed by atoms with Crippen LogP contribution < -0.4 is 11.1 Å². The molecule has 0 aromatic carbocycles. The quantitative estimate of drug-likeness (QED) is 0.422. The van der Waals surface area contributed by atoms with Gasteiger partial charge in [-0.3, -0.25) is 10.5 Å². The smallest absolute Gasteiger partial charge is 0.344 e. The number of amides is 1. The first-order chi connectivity index (χ1) is 6.46. The Kier molecular flexibility index (Phi) is 4.86. The van der Waals surface area contributed by atoms with Crippen LogP contribution in [0, 0.1) is 0 Å². The molecule has 0 heterocycles. The van der Waals surface area contributed by atoms with Gasteiger partial charge in [0.25, 0.3) is 0 Å². The highest BCUT2D eigenvalue weighted by Crippen LogP contribution is 2.08. The van der Waals surface area contributed by atoms with Gasteiger partial charge in [0.2, 0.25) is 5.91 Å². The first-order valence-corrected chi connectivity index (χ1v) is 4.43. The first kappa shape index (κ1) is 12.6. The molecule has 4 N–H and O–H groups in total. The Balaban J connectivity index is 4.46. The normalized spacial score (nSPS) is 14.1. The lowest BCUT2D eigenvalue weighted by atomic mass is 10.0. The van der Waals surface area contributed by atoms with Gasteiger partial charge in [-0.05, 0) is 18.9 Å². The summed E-state index contributed by atoms with van der Waals surface area (Å²) >= 11 is 0. The van der Waals surface area contributed by atoms with Crippen LogP contribution in [0.25, 0.3) is 0 Å². The second-order valence-corrected chi connectivity index (χ2v) is 3.07. The molecule has 0 aliphatic carbocycles. The molecule has 0 aromatic heterocycles. The Labute approximate surface area is 83.0 Å². The van der Waals surface area contributed by atoms with E-state index in [4.69, 9.17) is 10.8 Å². The van der Waals surface area contributed by atoms with Crippen molar-refractivity contribution in [3.8, 4) is 0 Å². The minimum atomic E-state index is -1.68. The lowest BCUT2D eigenvalue weighted by Crippen LogP contribution is -2.61. The molecule has 0 fully saturated rings. The van der Waals surface area contributed by atoms with Gasteiger partial charge in [0.05, 0.1) is 0 Å². The van der Waals surface area contributed by atoms with Crippen LogP contribution in [0.4, 0.5) is 0 Å². The van der Waals surface area contributed by atoms with E-state index < -0.39 is 17.5 Å². The fourth-order valence-electron chi connectivity index (χ4n) is 0.949. The number of carbonyl (C=O) groups is 2. The molecule has 1 atom stereocenters. The van der Waals surface area contributed by atoms with Crippen LogP contribution >= 0.6 is 0 Å². The SMILES string of the molecule is C=CC(=O)NC(N)(CCCC)C(=O)O. The molecular formula is C9H16N2O3. The average Bonchev–Trinajstić information content (AvgIpc) is 2.14. The molecule has 0 aliphatic rings. The van der Waals surface area contributed by atoms with Gasteiger partial charge in [-0.2, -0.15) is 0 Å². The van der Waals surface area contributed by atoms with Crippen molar-refractivity contribution in [1.29, 1.82) is 0 Å². The van der Waals surface area contributed by atoms with Gasteiger partial charge in [0.1, 0.15) is 0 Å². The molecule has 1 amide bonds. The molecule has 0 bridgehead atoms. The Bertz CT molecular complexity index is 240. The summed E-state index contributed by atoms with van der Waals surface area (Å²) in [6, 6.07) is 0. The van der Waals surface area contributed by atoms with Crippen molar-refractivity contribution in [2.24, 2.45) is 5.73 Å². The summed E-state index contributed by atoms with van der Waals surface area (Å²) in [6.07, 6.45) is 2.66. The second-order valence-electron chi connectivity index (χ2n) is 3.07. The van der Waals surface area contributed by atoms with Crippen LogP contribution in [0.5, 0.6) is 0 Å². The topological polar surface area (TPSA) is 92.4 Å². The van der Waals surface area contributed by atoms with Gasteiger partial charge in [-0.25, -0.2) is 4.79 Å². The molecule has 0 rings (SSSR count). The van der Waals surface area contributed by atoms with E-state index in [2.05, 4.69) is 11.9 Å². The Morgan fingerprint density at radius 2 is 2.21 bits per heavy atom. The molecular weight excluding hydrogens is 184 g/mol. The molecule has 0 radical (unpaired) electrons. The maximum atomic E-state index is 10.9. The largest absolute Gasteiger partial charge is 0.478 e. The zero-order chi connectivity index (χ0) is 11.2. The highest BCUT2D eigenvalue weighted by Gasteiger charge is 2.34. The Hall–Kier alpha value is -1.36. The minimum absolute atomic E-state index is 0.207. The van der Waals surface area contributed by atoms with E-state index in [-0.39, 0.29) is 6.42 Å². The molecule has 0 aromatic rings. The van der Waals surface area contributed by atoms with Crippen molar-refractivity contribution in [2.45, 2.75) is 31.8 Å². The molecule has 14 heavy (non-hydrogen) atoms. The van der Waals surface area contributed by atoms with E-state index in [1.165, 1.54) is 0 Å². The van der Waals surface area contributed by atoms with Gasteiger partial charge in [0, 0.05) is 0 Å². The van der Waals surface area contributed by atoms with Crippen LogP contribution in [0.2, 0.25) is 0 Å². The molecule has 0 aliphatic heterocycles. The monoisotopic (exact) mass is 200 g/mol. The standard InChI is InChI=1S/C9H16N2O3/c1-3-5-6-9(10,8(13)14)11-7(12)4-2/h4H,2-3,5-6,10H2,1H3,(H,11,12)(H,13,14). The predicted octanol–water partition coefficient (Wildman–Crippen LogP) is 0.218. The van der Waals surface area contributed by atoms with Crippen LogP contribution in [-0.4, -0.2) is 22.6 Å². The van der Waals surface area contributed by atoms with Crippen LogP contribution in [0.1, 0.15) is 26.2 Å². The number of carboxylic acids is 1. The van der Waals surface area contributed by atoms with Gasteiger partial charge < -0.3 is 10.4 Å². The third kappa shape index (κ3) is 3.57. The van der Waals surface area contributed by atoms with E-state index in [0.717, 1.165) is 12.5 Å². The van der Waals surface area contributed by atoms with E-state index in [0.29, 0.717) is 6.42 Å². The van der Waals surface area contributed by atoms with Gasteiger partial charge >= 0.3 is 5.97 Å². The zero-order valence-corrected chi connectivity index (χ0v) is 8.25. The maximum absolute atomic E-state index is 10.9. The van der Waals surface area contributed by atoms with Crippen molar-refractivity contribution < 1.29 is 14.7 Å². The van der Waals surface area contributed by atoms with E-state index in [1.54, 1.807) is 0 Å². The minimum Gasteiger partial charge on any atom is -0.478 e. The number of rotatable bonds is 6. The Morgan fingerprint density at radius 1 is 1.64 bits per heavy atom. The van der Waals surface area contributed by atoms with Gasteiger partial charge in [-0.1, -0.05) is 19.9 Å². The summed E-state index contributed by atoms with van der Waals surface area (Å²) in [5.74, 6) is -1.81. The number of carboxylic acid groups (broad SMARTS) is 1. The molecule has 1 unspecified atom stereocenters. The van der Waals surface area contributed by atoms with Crippen molar-refractivity contribution in [1.82, 2.24) is 5.32 Å². The number of hydrogen-bond donors (Lipinski definition) is 3. The van der Waals surface area contributed by atoms with E-state index in [9.17, 15) is 9.59 Å². The van der Waals surface area contributed by atoms with Crippen LogP contribution in [-0.2, 0) is 9.59 Å². The molecule has 0 spiro atoms. The van der Waals surface area contributed by atoms with Gasteiger partial charge in [-0.15, -0.1) is 0 Å². The summed E-state index contributed by atoms with van der Waals surface area (Å²) in [5.41, 5.74) is 3.84. The summed E-state index contributed by atoms with van der Waals surface area (Å²) in [7, 11) is 0. The van der Waals surface area contributed by atoms with Gasteiger partial charge in [0.15, 0.2) is 5.66 Å². The number of aliphatic carboxylic acids is 1. The maximum Gasteiger partial charge on any atom is 0.344 e. The second kappa shape index (κ2) is 5.39. The summed E-state index contributed by atoms with van der Waals surface area (Å²) in [6.45, 7) is 5.14. The van der Waals surface area contributed by atoms with Crippen LogP contribution in [0.15, 0.2) is 12.7 Å². The van der Waals surface area contributed by atoms with Crippen molar-refractivity contribution in [2.75, 3.05) is 0 Å². The number of carbonyl (C=O) groups excluding carboxylic acids is 1. The van der Waals surface area contributed by atoms with Crippen molar-refractivity contribution in [3.05, 3.63) is 12.7 Å². The lowest BCUT2D eigenvalue weighted by molar-refractivity contribution is -0.147. The van der Waals surface area contributed by atoms with E-state index >= 15 is 0 Å². The molecule has 0 saturated heterocycles. The number of nitrogens with one attached hydrogen (secondary N) is 1. The fraction of sp³-hybridized carbons (Fsp3) is 0.556. The lowest BCUT2D eigenvalue weighted by Gasteiger charge is -2.25. The average molecular weight is 200 g/mol. The van der Waals surface area contributed by atoms with Crippen molar-refractivity contribution >= 4 is 11.9 Å². The third-order valence-corrected chi connectivity index (χ3v) is 1.84. The third-order valence-electron chi connectivity index (χ3n) is 1.84. The fourth-order valence-corrected chi connectivity index (χ4v) is 0.949. The highest BCUT2D eigenvalue weighted by atomic mass is 16.4. The van der Waals surface area contributed by atoms with Crippen LogP contribution in [0.3, 0.4) is 0 Å². The first-order valence-electron chi connectivity index (χ1n) is 4.43. The molecule has 5 heteroatoms.